The smallest absolute Gasteiger partial charge is 0 e. The molecular weight excluding hydrogens is 252 g/mol. The molecule has 0 unspecified atom stereocenters. The zero-order valence-electron chi connectivity index (χ0n) is 8.81. The first-order chi connectivity index (χ1) is 6.61. The molecule has 1 rings (SSSR count). The first kappa shape index (κ1) is 23.9. The standard InChI is InChI=1S/C7H12Si.3CO.Fe/c1-8(2,3)7-5-4-6-7;3*1-2;/h4-6H,1-3H3;;;;. The van der Waals surface area contributed by atoms with Crippen molar-refractivity contribution in [1.82, 2.24) is 0 Å². The SMILES string of the molecule is C[Si](C)(C)C1=CC=C1.[C-]#[O+].[C-]#[O+].[C-]#[O+].[Fe]. The van der Waals surface area contributed by atoms with Crippen LogP contribution in [0, 0.1) is 20.0 Å². The molecule has 82 valence electrons. The topological polar surface area (TPSA) is 59.7 Å². The minimum absolute atomic E-state index is 0. The maximum Gasteiger partial charge on any atom is 0 e. The Bertz CT molecular complexity index is 242. The zero-order chi connectivity index (χ0) is 12.2. The van der Waals surface area contributed by atoms with Gasteiger partial charge in [0.05, 0.1) is 8.07 Å². The molecule has 1 aliphatic carbocycles. The Morgan fingerprint density at radius 3 is 1.20 bits per heavy atom. The van der Waals surface area contributed by atoms with Gasteiger partial charge in [-0.2, -0.15) is 0 Å². The van der Waals surface area contributed by atoms with Gasteiger partial charge in [-0.15, -0.1) is 0 Å². The van der Waals surface area contributed by atoms with Crippen molar-refractivity contribution >= 4 is 8.07 Å². The number of rotatable bonds is 1. The van der Waals surface area contributed by atoms with Crippen molar-refractivity contribution in [3.63, 3.8) is 0 Å². The molecule has 0 heterocycles. The van der Waals surface area contributed by atoms with Gasteiger partial charge in [0.2, 0.25) is 0 Å². The van der Waals surface area contributed by atoms with E-state index in [0.29, 0.717) is 0 Å². The summed E-state index contributed by atoms with van der Waals surface area (Å²) in [6, 6.07) is 0. The molecule has 1 aliphatic rings. The molecule has 3 nitrogen and oxygen atoms in total. The van der Waals surface area contributed by atoms with E-state index in [1.54, 1.807) is 5.20 Å². The largest absolute Gasteiger partial charge is 0 e. The molecule has 0 saturated heterocycles. The van der Waals surface area contributed by atoms with Crippen LogP contribution in [0.25, 0.3) is 0 Å². The Hall–Kier alpha value is -0.564. The average molecular weight is 264 g/mol. The Balaban J connectivity index is -0.0000000755. The second kappa shape index (κ2) is 15.9. The van der Waals surface area contributed by atoms with Gasteiger partial charge in [0.25, 0.3) is 0 Å². The second-order valence-corrected chi connectivity index (χ2v) is 8.31. The van der Waals surface area contributed by atoms with Crippen LogP contribution < -0.4 is 0 Å². The van der Waals surface area contributed by atoms with E-state index in [2.05, 4.69) is 57.8 Å². The van der Waals surface area contributed by atoms with Gasteiger partial charge < -0.3 is 0 Å². The van der Waals surface area contributed by atoms with Crippen LogP contribution in [0.2, 0.25) is 19.6 Å². The minimum atomic E-state index is -0.899. The van der Waals surface area contributed by atoms with Crippen LogP contribution in [-0.4, -0.2) is 8.07 Å². The van der Waals surface area contributed by atoms with Crippen molar-refractivity contribution in [3.05, 3.63) is 43.4 Å². The molecule has 0 fully saturated rings. The van der Waals surface area contributed by atoms with Crippen LogP contribution >= 0.6 is 0 Å². The van der Waals surface area contributed by atoms with Crippen LogP contribution in [0.5, 0.6) is 0 Å². The van der Waals surface area contributed by atoms with Crippen molar-refractivity contribution in [2.45, 2.75) is 19.6 Å². The second-order valence-electron chi connectivity index (χ2n) is 3.23. The molecular formula is C10H12FeO3Si. The van der Waals surface area contributed by atoms with Crippen molar-refractivity contribution in [2.24, 2.45) is 0 Å². The molecule has 0 atom stereocenters. The summed E-state index contributed by atoms with van der Waals surface area (Å²) in [6.45, 7) is 20.6. The summed E-state index contributed by atoms with van der Waals surface area (Å²) in [4.78, 5) is 0. The van der Waals surface area contributed by atoms with Gasteiger partial charge in [0, 0.05) is 17.1 Å². The quantitative estimate of drug-likeness (QED) is 0.396. The summed E-state index contributed by atoms with van der Waals surface area (Å²) in [6.07, 6.45) is 6.58. The van der Waals surface area contributed by atoms with E-state index >= 15 is 0 Å². The van der Waals surface area contributed by atoms with E-state index < -0.39 is 8.07 Å². The van der Waals surface area contributed by atoms with Gasteiger partial charge in [0.15, 0.2) is 0 Å². The monoisotopic (exact) mass is 264 g/mol. The third kappa shape index (κ3) is 13.4. The molecule has 0 aromatic heterocycles. The Labute approximate surface area is 102 Å². The van der Waals surface area contributed by atoms with Crippen LogP contribution in [0.3, 0.4) is 0 Å². The van der Waals surface area contributed by atoms with Crippen molar-refractivity contribution in [1.29, 1.82) is 0 Å². The molecule has 0 spiro atoms. The number of allylic oxidation sites excluding steroid dienone is 4. The van der Waals surface area contributed by atoms with E-state index in [9.17, 15) is 0 Å². The molecule has 0 bridgehead atoms. The predicted molar refractivity (Wildman–Crippen MR) is 52.4 cm³/mol. The first-order valence-corrected chi connectivity index (χ1v) is 7.11. The molecule has 15 heavy (non-hydrogen) atoms. The normalized spacial score (nSPS) is 9.80. The first-order valence-electron chi connectivity index (χ1n) is 3.61. The van der Waals surface area contributed by atoms with Crippen molar-refractivity contribution < 1.29 is 31.0 Å². The van der Waals surface area contributed by atoms with Gasteiger partial charge in [-0.05, 0) is 0 Å². The Morgan fingerprint density at radius 1 is 0.933 bits per heavy atom. The van der Waals surface area contributed by atoms with Gasteiger partial charge >= 0.3 is 33.9 Å². The Morgan fingerprint density at radius 2 is 1.20 bits per heavy atom. The third-order valence-electron chi connectivity index (χ3n) is 1.42. The number of hydrogen-bond donors (Lipinski definition) is 0. The van der Waals surface area contributed by atoms with Crippen LogP contribution in [0.4, 0.5) is 0 Å². The van der Waals surface area contributed by atoms with Gasteiger partial charge in [-0.3, -0.25) is 0 Å². The minimum Gasteiger partial charge on any atom is 0 e. The summed E-state index contributed by atoms with van der Waals surface area (Å²) in [7, 11) is -0.899. The summed E-state index contributed by atoms with van der Waals surface area (Å²) < 4.78 is 22.5. The maximum absolute atomic E-state index is 7.50. The zero-order valence-corrected chi connectivity index (χ0v) is 10.9. The van der Waals surface area contributed by atoms with Gasteiger partial charge in [-0.1, -0.05) is 43.1 Å². The molecule has 0 N–H and O–H groups in total. The summed E-state index contributed by atoms with van der Waals surface area (Å²) in [5, 5.41) is 1.59. The average Bonchev–Trinajstić information content (AvgIpc) is 2.09. The van der Waals surface area contributed by atoms with Crippen LogP contribution in [0.1, 0.15) is 0 Å². The van der Waals surface area contributed by atoms with E-state index in [1.165, 1.54) is 0 Å². The molecule has 0 aromatic carbocycles. The molecule has 0 aliphatic heterocycles. The molecule has 0 saturated carbocycles. The molecule has 0 aromatic rings. The van der Waals surface area contributed by atoms with Gasteiger partial charge in [0.1, 0.15) is 0 Å². The summed E-state index contributed by atoms with van der Waals surface area (Å²) >= 11 is 0. The fourth-order valence-electron chi connectivity index (χ4n) is 0.692. The molecule has 5 heteroatoms. The summed E-state index contributed by atoms with van der Waals surface area (Å²) in [5.41, 5.74) is 0. The fourth-order valence-corrected chi connectivity index (χ4v) is 1.88. The van der Waals surface area contributed by atoms with E-state index in [0.717, 1.165) is 0 Å². The predicted octanol–water partition coefficient (Wildman–Crippen LogP) is 2.24. The molecule has 0 radical (unpaired) electrons. The summed E-state index contributed by atoms with van der Waals surface area (Å²) in [5.74, 6) is 0. The van der Waals surface area contributed by atoms with E-state index in [4.69, 9.17) is 14.0 Å². The number of hydrogen-bond acceptors (Lipinski definition) is 0. The molecule has 0 amide bonds. The fraction of sp³-hybridized carbons (Fsp3) is 0.300. The van der Waals surface area contributed by atoms with Gasteiger partial charge in [-0.25, -0.2) is 0 Å². The van der Waals surface area contributed by atoms with E-state index in [1.807, 2.05) is 0 Å². The third-order valence-corrected chi connectivity index (χ3v) is 3.48. The van der Waals surface area contributed by atoms with Crippen LogP contribution in [-0.2, 0) is 31.0 Å². The van der Waals surface area contributed by atoms with Crippen molar-refractivity contribution in [3.8, 4) is 0 Å². The van der Waals surface area contributed by atoms with Crippen molar-refractivity contribution in [2.75, 3.05) is 0 Å². The van der Waals surface area contributed by atoms with E-state index in [-0.39, 0.29) is 17.1 Å². The van der Waals surface area contributed by atoms with Crippen LogP contribution in [0.15, 0.2) is 23.4 Å². The maximum atomic E-state index is 7.50. The Kier molecular flexibility index (Phi) is 25.3.